The predicted molar refractivity (Wildman–Crippen MR) is 310 cm³/mol. The standard InChI is InChI=1S/C71H49N3/c1-3-16-51(17-4-1)72-65-26-14-11-23-59(65)71-66(72)40-39-58-55-38-35-49-32-31-48-15-7-8-20-54(48)69(49)62(55)42-50(70(58)71)41-45-27-29-46(30-28-45)47-33-36-53(37-34-47)74-64-25-13-10-22-57(64)61-43-67-60(44-68(61)74)56-21-9-12-24-63(56)73(67)52-18-5-2-6-19-52/h1-30,33-40,43-44,50H,31-32,41-42H2. The Kier molecular flexibility index (Phi) is 9.05. The molecule has 0 saturated heterocycles. The van der Waals surface area contributed by atoms with Crippen LogP contribution in [0.15, 0.2) is 243 Å². The van der Waals surface area contributed by atoms with Crippen molar-refractivity contribution in [3.05, 3.63) is 270 Å². The van der Waals surface area contributed by atoms with Crippen LogP contribution in [0.1, 0.15) is 33.7 Å². The third kappa shape index (κ3) is 6.14. The van der Waals surface area contributed by atoms with Crippen molar-refractivity contribution < 1.29 is 0 Å². The molecule has 3 heteroatoms. The van der Waals surface area contributed by atoms with E-state index in [0.717, 1.165) is 31.4 Å². The van der Waals surface area contributed by atoms with Gasteiger partial charge in [-0.2, -0.15) is 0 Å². The summed E-state index contributed by atoms with van der Waals surface area (Å²) in [7, 11) is 0. The van der Waals surface area contributed by atoms with Crippen LogP contribution in [0.25, 0.3) is 116 Å². The van der Waals surface area contributed by atoms with Crippen molar-refractivity contribution >= 4 is 65.4 Å². The number of fused-ring (bicyclic) bond motifs is 17. The average molecular weight is 944 g/mol. The van der Waals surface area contributed by atoms with Crippen molar-refractivity contribution in [1.29, 1.82) is 0 Å². The fourth-order valence-corrected chi connectivity index (χ4v) is 13.6. The maximum atomic E-state index is 2.48. The maximum Gasteiger partial charge on any atom is 0.0548 e. The first-order chi connectivity index (χ1) is 36.7. The Labute approximate surface area is 429 Å². The van der Waals surface area contributed by atoms with Gasteiger partial charge in [0.05, 0.1) is 33.1 Å². The Morgan fingerprint density at radius 1 is 0.338 bits per heavy atom. The summed E-state index contributed by atoms with van der Waals surface area (Å²) in [6.07, 6.45) is 4.14. The van der Waals surface area contributed by atoms with Crippen LogP contribution in [0.2, 0.25) is 0 Å². The van der Waals surface area contributed by atoms with E-state index in [1.165, 1.54) is 138 Å². The van der Waals surface area contributed by atoms with Crippen molar-refractivity contribution in [1.82, 2.24) is 13.7 Å². The Hall–Kier alpha value is -9.18. The summed E-state index contributed by atoms with van der Waals surface area (Å²) in [6, 6.07) is 90.8. The monoisotopic (exact) mass is 943 g/mol. The van der Waals surface area contributed by atoms with E-state index >= 15 is 0 Å². The molecule has 0 aliphatic heterocycles. The summed E-state index contributed by atoms with van der Waals surface area (Å²) >= 11 is 0. The first kappa shape index (κ1) is 41.4. The van der Waals surface area contributed by atoms with Gasteiger partial charge in [-0.05, 0) is 166 Å². The van der Waals surface area contributed by atoms with Crippen LogP contribution in [-0.2, 0) is 25.7 Å². The first-order valence-electron chi connectivity index (χ1n) is 26.3. The van der Waals surface area contributed by atoms with E-state index in [1.54, 1.807) is 0 Å². The number of rotatable bonds is 6. The third-order valence-electron chi connectivity index (χ3n) is 16.8. The molecule has 1 atom stereocenters. The zero-order valence-corrected chi connectivity index (χ0v) is 40.8. The van der Waals surface area contributed by atoms with E-state index in [1.807, 2.05) is 0 Å². The number of benzene rings is 11. The Morgan fingerprint density at radius 2 is 0.838 bits per heavy atom. The molecule has 14 aromatic rings. The van der Waals surface area contributed by atoms with Gasteiger partial charge in [-0.25, -0.2) is 0 Å². The second kappa shape index (κ2) is 16.2. The second-order valence-corrected chi connectivity index (χ2v) is 20.7. The van der Waals surface area contributed by atoms with E-state index in [2.05, 4.69) is 256 Å². The lowest BCUT2D eigenvalue weighted by Crippen LogP contribution is -2.17. The highest BCUT2D eigenvalue weighted by atomic mass is 15.0. The smallest absolute Gasteiger partial charge is 0.0548 e. The van der Waals surface area contributed by atoms with Gasteiger partial charge in [-0.3, -0.25) is 0 Å². The fraction of sp³-hybridized carbons (Fsp3) is 0.0704. The Morgan fingerprint density at radius 3 is 1.49 bits per heavy atom. The number of hydrogen-bond acceptors (Lipinski definition) is 0. The molecule has 16 rings (SSSR count). The molecule has 3 aromatic heterocycles. The zero-order valence-electron chi connectivity index (χ0n) is 40.8. The van der Waals surface area contributed by atoms with Gasteiger partial charge in [0, 0.05) is 49.4 Å². The molecule has 3 heterocycles. The molecule has 348 valence electrons. The van der Waals surface area contributed by atoms with E-state index < -0.39 is 0 Å². The Bertz CT molecular complexity index is 4570. The minimum atomic E-state index is 0.282. The van der Waals surface area contributed by atoms with Crippen molar-refractivity contribution in [2.75, 3.05) is 0 Å². The summed E-state index contributed by atoms with van der Waals surface area (Å²) in [4.78, 5) is 0. The van der Waals surface area contributed by atoms with E-state index in [0.29, 0.717) is 0 Å². The van der Waals surface area contributed by atoms with Crippen molar-refractivity contribution in [3.8, 4) is 50.4 Å². The molecule has 0 N–H and O–H groups in total. The highest BCUT2D eigenvalue weighted by Crippen LogP contribution is 2.52. The van der Waals surface area contributed by atoms with E-state index in [-0.39, 0.29) is 5.92 Å². The molecular weight excluding hydrogens is 895 g/mol. The van der Waals surface area contributed by atoms with E-state index in [9.17, 15) is 0 Å². The van der Waals surface area contributed by atoms with Crippen molar-refractivity contribution in [3.63, 3.8) is 0 Å². The lowest BCUT2D eigenvalue weighted by atomic mass is 9.70. The molecule has 2 aliphatic carbocycles. The number of aromatic nitrogens is 3. The second-order valence-electron chi connectivity index (χ2n) is 20.7. The van der Waals surface area contributed by atoms with Gasteiger partial charge in [0.25, 0.3) is 0 Å². The van der Waals surface area contributed by atoms with Crippen molar-refractivity contribution in [2.24, 2.45) is 0 Å². The lowest BCUT2D eigenvalue weighted by molar-refractivity contribution is 0.678. The highest BCUT2D eigenvalue weighted by molar-refractivity contribution is 6.19. The summed E-state index contributed by atoms with van der Waals surface area (Å²) in [5, 5.41) is 7.74. The minimum absolute atomic E-state index is 0.282. The molecule has 0 bridgehead atoms. The van der Waals surface area contributed by atoms with Crippen LogP contribution in [0.3, 0.4) is 0 Å². The minimum Gasteiger partial charge on any atom is -0.309 e. The van der Waals surface area contributed by atoms with Gasteiger partial charge < -0.3 is 13.7 Å². The van der Waals surface area contributed by atoms with Crippen molar-refractivity contribution in [2.45, 2.75) is 31.6 Å². The van der Waals surface area contributed by atoms with Crippen LogP contribution in [0.5, 0.6) is 0 Å². The maximum absolute atomic E-state index is 2.48. The zero-order chi connectivity index (χ0) is 48.4. The lowest BCUT2D eigenvalue weighted by Gasteiger charge is -2.33. The number of para-hydroxylation sites is 5. The molecule has 11 aromatic carbocycles. The molecule has 0 amide bonds. The third-order valence-corrected chi connectivity index (χ3v) is 16.8. The van der Waals surface area contributed by atoms with Crippen LogP contribution in [0, 0.1) is 0 Å². The average Bonchev–Trinajstić information content (AvgIpc) is 4.10. The largest absolute Gasteiger partial charge is 0.309 e. The normalized spacial score (nSPS) is 14.0. The molecule has 2 aliphatic rings. The van der Waals surface area contributed by atoms with Gasteiger partial charge >= 0.3 is 0 Å². The first-order valence-corrected chi connectivity index (χ1v) is 26.3. The molecule has 74 heavy (non-hydrogen) atoms. The molecule has 0 radical (unpaired) electrons. The van der Waals surface area contributed by atoms with Crippen LogP contribution >= 0.6 is 0 Å². The molecule has 3 nitrogen and oxygen atoms in total. The van der Waals surface area contributed by atoms with Crippen LogP contribution < -0.4 is 0 Å². The van der Waals surface area contributed by atoms with Gasteiger partial charge in [0.1, 0.15) is 0 Å². The summed E-state index contributed by atoms with van der Waals surface area (Å²) < 4.78 is 7.35. The van der Waals surface area contributed by atoms with Gasteiger partial charge in [0.2, 0.25) is 0 Å². The number of aryl methyl sites for hydroxylation is 2. The van der Waals surface area contributed by atoms with Gasteiger partial charge in [0.15, 0.2) is 0 Å². The molecule has 0 saturated carbocycles. The predicted octanol–water partition coefficient (Wildman–Crippen LogP) is 18.0. The van der Waals surface area contributed by atoms with Gasteiger partial charge in [-0.1, -0.05) is 170 Å². The summed E-state index contributed by atoms with van der Waals surface area (Å²) in [6.45, 7) is 0. The highest BCUT2D eigenvalue weighted by Gasteiger charge is 2.33. The quantitative estimate of drug-likeness (QED) is 0.158. The molecular formula is C71H49N3. The molecule has 0 spiro atoms. The SMILES string of the molecule is c1ccc(-n2c3ccccc3c3cc4c(cc32)c2ccccc2n4-c2ccc(-c3ccc(CC4Cc5c(ccc6c5-c5ccccc5CC6)-c5ccc6c(c54)c4ccccc4n6-c4ccccc4)cc3)cc2)cc1. The topological polar surface area (TPSA) is 14.8 Å². The molecule has 0 fully saturated rings. The number of hydrogen-bond donors (Lipinski definition) is 0. The Balaban J connectivity index is 0.790. The van der Waals surface area contributed by atoms with Crippen LogP contribution in [-0.4, -0.2) is 13.7 Å². The number of nitrogens with zero attached hydrogens (tertiary/aromatic N) is 3. The van der Waals surface area contributed by atoms with E-state index in [4.69, 9.17) is 0 Å². The van der Waals surface area contributed by atoms with Gasteiger partial charge in [-0.15, -0.1) is 0 Å². The summed E-state index contributed by atoms with van der Waals surface area (Å²) in [5.41, 5.74) is 26.4. The fourth-order valence-electron chi connectivity index (χ4n) is 13.6. The molecule has 1 unspecified atom stereocenters. The van der Waals surface area contributed by atoms with Crippen LogP contribution in [0.4, 0.5) is 0 Å². The summed E-state index contributed by atoms with van der Waals surface area (Å²) in [5.74, 6) is 0.282.